The van der Waals surface area contributed by atoms with Gasteiger partial charge in [-0.25, -0.2) is 0 Å². The van der Waals surface area contributed by atoms with Crippen LogP contribution in [0, 0.1) is 6.92 Å². The molecule has 1 saturated carbocycles. The number of phenolic OH excluding ortho intramolecular Hbond substituents is 2. The maximum absolute atomic E-state index is 11.4. The zero-order valence-corrected chi connectivity index (χ0v) is 30.4. The molecular weight excluding hydrogens is 580 g/mol. The highest BCUT2D eigenvalue weighted by molar-refractivity contribution is 5.86. The predicted octanol–water partition coefficient (Wildman–Crippen LogP) is 8.47. The van der Waals surface area contributed by atoms with Crippen LogP contribution in [0.25, 0.3) is 0 Å². The molecule has 0 amide bonds. The summed E-state index contributed by atoms with van der Waals surface area (Å²) >= 11 is 0. The Hall–Kier alpha value is -3.15. The minimum absolute atomic E-state index is 0.0365. The van der Waals surface area contributed by atoms with Crippen LogP contribution in [-0.4, -0.2) is 76.2 Å². The Morgan fingerprint density at radius 2 is 1.45 bits per heavy atom. The lowest BCUT2D eigenvalue weighted by atomic mass is 9.79. The highest BCUT2D eigenvalue weighted by Crippen LogP contribution is 2.37. The first-order valence-corrected chi connectivity index (χ1v) is 18.4. The van der Waals surface area contributed by atoms with Crippen LogP contribution in [0.15, 0.2) is 34.3 Å². The lowest BCUT2D eigenvalue weighted by molar-refractivity contribution is -0.539. The monoisotopic (exact) mass is 641 g/mol. The van der Waals surface area contributed by atoms with E-state index in [9.17, 15) is 10.2 Å². The van der Waals surface area contributed by atoms with Gasteiger partial charge in [-0.1, -0.05) is 66.5 Å². The van der Waals surface area contributed by atoms with Crippen LogP contribution in [0.5, 0.6) is 11.5 Å². The third-order valence-corrected chi connectivity index (χ3v) is 10.5. The number of aromatic hydroxyl groups is 2. The molecular formula is C41H61N4O2+. The van der Waals surface area contributed by atoms with Gasteiger partial charge in [0.15, 0.2) is 0 Å². The average molecular weight is 642 g/mol. The quantitative estimate of drug-likeness (QED) is 0.224. The van der Waals surface area contributed by atoms with Gasteiger partial charge in [0.25, 0.3) is 0 Å². The predicted molar refractivity (Wildman–Crippen MR) is 198 cm³/mol. The molecule has 2 heterocycles. The number of nitrogens with zero attached hydrogens (tertiary/aromatic N) is 4. The van der Waals surface area contributed by atoms with Crippen LogP contribution < -0.4 is 0 Å². The van der Waals surface area contributed by atoms with Crippen molar-refractivity contribution in [1.82, 2.24) is 4.90 Å². The Morgan fingerprint density at radius 3 is 2.11 bits per heavy atom. The Labute approximate surface area is 284 Å². The number of benzene rings is 2. The van der Waals surface area contributed by atoms with Crippen molar-refractivity contribution in [2.24, 2.45) is 9.98 Å². The van der Waals surface area contributed by atoms with Crippen LogP contribution in [0.1, 0.15) is 139 Å². The van der Waals surface area contributed by atoms with Gasteiger partial charge in [-0.15, -0.1) is 0 Å². The summed E-state index contributed by atoms with van der Waals surface area (Å²) in [5.74, 6) is 2.26. The van der Waals surface area contributed by atoms with Gasteiger partial charge in [-0.05, 0) is 91.5 Å². The van der Waals surface area contributed by atoms with Gasteiger partial charge in [0, 0.05) is 42.0 Å². The van der Waals surface area contributed by atoms with E-state index in [4.69, 9.17) is 9.98 Å². The van der Waals surface area contributed by atoms with Gasteiger partial charge in [0.05, 0.1) is 38.3 Å². The molecule has 256 valence electrons. The second-order valence-corrected chi connectivity index (χ2v) is 16.5. The maximum Gasteiger partial charge on any atom is 0.246 e. The second kappa shape index (κ2) is 15.0. The van der Waals surface area contributed by atoms with Crippen molar-refractivity contribution < 1.29 is 14.8 Å². The van der Waals surface area contributed by atoms with Gasteiger partial charge >= 0.3 is 0 Å². The minimum atomic E-state index is -0.178. The molecule has 5 rings (SSSR count). The number of amidine groups is 1. The number of rotatable bonds is 8. The highest BCUT2D eigenvalue weighted by Gasteiger charge is 2.29. The summed E-state index contributed by atoms with van der Waals surface area (Å²) in [6.45, 7) is 19.8. The normalized spacial score (nSPS) is 21.5. The fourth-order valence-corrected chi connectivity index (χ4v) is 7.66. The van der Waals surface area contributed by atoms with Crippen LogP contribution in [0.3, 0.4) is 0 Å². The first-order chi connectivity index (χ1) is 22.3. The van der Waals surface area contributed by atoms with Crippen molar-refractivity contribution >= 4 is 18.3 Å². The Balaban J connectivity index is 1.30. The van der Waals surface area contributed by atoms with Gasteiger partial charge in [-0.2, -0.15) is 0 Å². The van der Waals surface area contributed by atoms with Gasteiger partial charge in [-0.3, -0.25) is 19.5 Å². The summed E-state index contributed by atoms with van der Waals surface area (Å²) in [6.07, 6.45) is 16.3. The van der Waals surface area contributed by atoms with Gasteiger partial charge < -0.3 is 10.2 Å². The van der Waals surface area contributed by atoms with Crippen molar-refractivity contribution in [3.63, 3.8) is 0 Å². The van der Waals surface area contributed by atoms with E-state index >= 15 is 0 Å². The first kappa shape index (κ1) is 35.2. The fraction of sp³-hybridized carbons (Fsp3) is 0.634. The van der Waals surface area contributed by atoms with E-state index in [1.807, 2.05) is 12.4 Å². The molecule has 2 atom stereocenters. The minimum Gasteiger partial charge on any atom is -0.507 e. The Bertz CT molecular complexity index is 1490. The van der Waals surface area contributed by atoms with E-state index in [0.29, 0.717) is 11.5 Å². The summed E-state index contributed by atoms with van der Waals surface area (Å²) < 4.78 is 2.63. The number of aryl methyl sites for hydroxylation is 2. The number of hydrogen-bond donors (Lipinski definition) is 2. The molecule has 47 heavy (non-hydrogen) atoms. The molecule has 0 aromatic heterocycles. The lowest BCUT2D eigenvalue weighted by Crippen LogP contribution is -2.44. The highest BCUT2D eigenvalue weighted by atomic mass is 16.3. The summed E-state index contributed by atoms with van der Waals surface area (Å²) in [7, 11) is 0. The third-order valence-electron chi connectivity index (χ3n) is 10.5. The SMILES string of the molecule is Cc1cc(C=NC2CCCCC2N=Cc2cc(C(C)(C)C)cc(C(C)(C)C)c2O)c(O)c(CCCN2CCC[N+]3=C2CCCCC3)c1. The second-order valence-electron chi connectivity index (χ2n) is 16.5. The van der Waals surface area contributed by atoms with Crippen LogP contribution in [-0.2, 0) is 17.3 Å². The van der Waals surface area contributed by atoms with E-state index in [1.54, 1.807) is 5.84 Å². The zero-order chi connectivity index (χ0) is 33.8. The molecule has 2 unspecified atom stereocenters. The third kappa shape index (κ3) is 8.86. The summed E-state index contributed by atoms with van der Waals surface area (Å²) in [5, 5.41) is 22.6. The number of phenols is 2. The smallest absolute Gasteiger partial charge is 0.246 e. The van der Waals surface area contributed by atoms with Crippen molar-refractivity contribution in [3.05, 3.63) is 57.6 Å². The molecule has 2 N–H and O–H groups in total. The van der Waals surface area contributed by atoms with Crippen LogP contribution >= 0.6 is 0 Å². The number of hydrogen-bond acceptors (Lipinski definition) is 5. The van der Waals surface area contributed by atoms with Crippen LogP contribution in [0.2, 0.25) is 0 Å². The van der Waals surface area contributed by atoms with E-state index in [1.165, 1.54) is 50.8 Å². The summed E-state index contributed by atoms with van der Waals surface area (Å²) in [5.41, 5.74) is 5.71. The van der Waals surface area contributed by atoms with Crippen LogP contribution in [0.4, 0.5) is 0 Å². The van der Waals surface area contributed by atoms with Crippen molar-refractivity contribution in [1.29, 1.82) is 0 Å². The molecule has 2 aliphatic heterocycles. The average Bonchev–Trinajstić information content (AvgIpc) is 3.27. The summed E-state index contributed by atoms with van der Waals surface area (Å²) in [4.78, 5) is 12.7. The van der Waals surface area contributed by atoms with E-state index in [0.717, 1.165) is 79.4 Å². The largest absolute Gasteiger partial charge is 0.507 e. The standard InChI is InChI=1S/C41H60N4O2/c1-29-23-30(15-13-20-45-22-14-21-44-19-12-8-9-18-37(44)45)38(46)31(24-29)27-42-35-16-10-11-17-36(35)43-28-32-25-33(40(2,3)4)26-34(39(32)47)41(5,6)7/h23-28,35-36H,8-22H2,1-7H3,(H-,42,43,46,47)/p+1. The van der Waals surface area contributed by atoms with Crippen molar-refractivity contribution in [3.8, 4) is 11.5 Å². The van der Waals surface area contributed by atoms with Gasteiger partial charge in [0.2, 0.25) is 5.84 Å². The Morgan fingerprint density at radius 1 is 0.787 bits per heavy atom. The zero-order valence-electron chi connectivity index (χ0n) is 30.4. The first-order valence-electron chi connectivity index (χ1n) is 18.4. The molecule has 0 bridgehead atoms. The van der Waals surface area contributed by atoms with E-state index in [2.05, 4.69) is 82.2 Å². The molecule has 1 aliphatic carbocycles. The lowest BCUT2D eigenvalue weighted by Gasteiger charge is -2.28. The summed E-state index contributed by atoms with van der Waals surface area (Å²) in [6, 6.07) is 8.55. The van der Waals surface area contributed by atoms with Crippen molar-refractivity contribution in [2.75, 3.05) is 26.2 Å². The molecule has 0 saturated heterocycles. The molecule has 2 aromatic rings. The van der Waals surface area contributed by atoms with E-state index in [-0.39, 0.29) is 22.9 Å². The molecule has 3 aliphatic rings. The topological polar surface area (TPSA) is 71.4 Å². The molecule has 1 fully saturated rings. The Kier molecular flexibility index (Phi) is 11.2. The fourth-order valence-electron chi connectivity index (χ4n) is 7.66. The molecule has 6 nitrogen and oxygen atoms in total. The maximum atomic E-state index is 11.4. The molecule has 2 aromatic carbocycles. The number of aliphatic imine (C=N–C) groups is 2. The molecule has 0 radical (unpaired) electrons. The molecule has 6 heteroatoms. The molecule has 0 spiro atoms. The van der Waals surface area contributed by atoms with Gasteiger partial charge in [0.1, 0.15) is 11.5 Å². The van der Waals surface area contributed by atoms with Crippen molar-refractivity contribution in [2.45, 2.75) is 142 Å². The van der Waals surface area contributed by atoms with E-state index < -0.39 is 0 Å².